The normalized spacial score (nSPS) is 13.2. The summed E-state index contributed by atoms with van der Waals surface area (Å²) in [6.45, 7) is 4.62. The summed E-state index contributed by atoms with van der Waals surface area (Å²) in [6, 6.07) is 10.2. The highest BCUT2D eigenvalue weighted by Crippen LogP contribution is 2.30. The number of benzene rings is 2. The van der Waals surface area contributed by atoms with E-state index in [1.165, 1.54) is 28.6 Å². The van der Waals surface area contributed by atoms with Crippen LogP contribution >= 0.6 is 0 Å². The molecule has 0 bridgehead atoms. The molecule has 0 radical (unpaired) electrons. The average molecular weight is 433 g/mol. The number of carbonyl (C=O) groups is 2. The van der Waals surface area contributed by atoms with Gasteiger partial charge in [0.1, 0.15) is 13.2 Å². The third kappa shape index (κ3) is 4.63. The summed E-state index contributed by atoms with van der Waals surface area (Å²) in [7, 11) is -3.61. The fourth-order valence-corrected chi connectivity index (χ4v) is 4.45. The molecular formula is C21H23NO7S. The van der Waals surface area contributed by atoms with Gasteiger partial charge in [0.15, 0.2) is 23.9 Å². The van der Waals surface area contributed by atoms with E-state index in [-0.39, 0.29) is 16.2 Å². The van der Waals surface area contributed by atoms with E-state index in [9.17, 15) is 18.0 Å². The molecule has 0 aliphatic carbocycles. The zero-order chi connectivity index (χ0) is 21.7. The van der Waals surface area contributed by atoms with Crippen LogP contribution in [0.3, 0.4) is 0 Å². The van der Waals surface area contributed by atoms with Crippen LogP contribution in [-0.4, -0.2) is 57.4 Å². The zero-order valence-corrected chi connectivity index (χ0v) is 17.6. The number of ketones is 1. The lowest BCUT2D eigenvalue weighted by molar-refractivity contribution is 0.0474. The highest BCUT2D eigenvalue weighted by Gasteiger charge is 2.22. The molecule has 1 heterocycles. The van der Waals surface area contributed by atoms with Gasteiger partial charge in [-0.3, -0.25) is 4.79 Å². The second-order valence-corrected chi connectivity index (χ2v) is 8.41. The number of nitrogens with zero attached hydrogens (tertiary/aromatic N) is 1. The largest absolute Gasteiger partial charge is 0.486 e. The first-order valence-corrected chi connectivity index (χ1v) is 11.0. The molecule has 2 aromatic rings. The van der Waals surface area contributed by atoms with E-state index in [2.05, 4.69) is 0 Å². The molecule has 9 heteroatoms. The van der Waals surface area contributed by atoms with Gasteiger partial charge in [0.05, 0.1) is 10.5 Å². The lowest BCUT2D eigenvalue weighted by Crippen LogP contribution is -2.30. The van der Waals surface area contributed by atoms with Gasteiger partial charge in [-0.2, -0.15) is 4.31 Å². The highest BCUT2D eigenvalue weighted by atomic mass is 32.2. The quantitative estimate of drug-likeness (QED) is 0.466. The van der Waals surface area contributed by atoms with Gasteiger partial charge in [-0.05, 0) is 42.5 Å². The molecule has 1 aliphatic heterocycles. The van der Waals surface area contributed by atoms with Crippen molar-refractivity contribution in [1.29, 1.82) is 0 Å². The van der Waals surface area contributed by atoms with E-state index in [1.54, 1.807) is 32.0 Å². The van der Waals surface area contributed by atoms with E-state index in [0.717, 1.165) is 0 Å². The Bertz CT molecular complexity index is 1030. The van der Waals surface area contributed by atoms with Gasteiger partial charge in [-0.15, -0.1) is 0 Å². The van der Waals surface area contributed by atoms with Crippen LogP contribution in [0.25, 0.3) is 0 Å². The average Bonchev–Trinajstić information content (AvgIpc) is 2.77. The molecule has 0 N–H and O–H groups in total. The molecule has 0 unspecified atom stereocenters. The summed E-state index contributed by atoms with van der Waals surface area (Å²) in [6.07, 6.45) is 0. The zero-order valence-electron chi connectivity index (χ0n) is 16.8. The van der Waals surface area contributed by atoms with Gasteiger partial charge in [0.2, 0.25) is 10.0 Å². The Morgan fingerprint density at radius 2 is 1.53 bits per heavy atom. The fraction of sp³-hybridized carbons (Fsp3) is 0.333. The van der Waals surface area contributed by atoms with Crippen molar-refractivity contribution in [2.24, 2.45) is 0 Å². The second kappa shape index (κ2) is 9.27. The first-order valence-electron chi connectivity index (χ1n) is 9.57. The number of ether oxygens (including phenoxy) is 3. The summed E-state index contributed by atoms with van der Waals surface area (Å²) >= 11 is 0. The SMILES string of the molecule is CCN(CC)S(=O)(=O)c1ccc(C(=O)OCC(=O)c2ccc3c(c2)OCCO3)cc1. The van der Waals surface area contributed by atoms with E-state index in [4.69, 9.17) is 14.2 Å². The van der Waals surface area contributed by atoms with Crippen LogP contribution in [0.4, 0.5) is 0 Å². The molecule has 0 amide bonds. The van der Waals surface area contributed by atoms with Crippen LogP contribution in [0.2, 0.25) is 0 Å². The molecule has 0 saturated carbocycles. The van der Waals surface area contributed by atoms with Crippen LogP contribution < -0.4 is 9.47 Å². The summed E-state index contributed by atoms with van der Waals surface area (Å²) < 4.78 is 42.3. The van der Waals surface area contributed by atoms with Crippen molar-refractivity contribution in [1.82, 2.24) is 4.31 Å². The maximum Gasteiger partial charge on any atom is 0.338 e. The van der Waals surface area contributed by atoms with Crippen molar-refractivity contribution >= 4 is 21.8 Å². The maximum absolute atomic E-state index is 12.5. The predicted octanol–water partition coefficient (Wildman–Crippen LogP) is 2.53. The first kappa shape index (κ1) is 21.8. The third-order valence-corrected chi connectivity index (χ3v) is 6.70. The van der Waals surface area contributed by atoms with Crippen LogP contribution in [0.1, 0.15) is 34.6 Å². The Morgan fingerprint density at radius 3 is 2.17 bits per heavy atom. The summed E-state index contributed by atoms with van der Waals surface area (Å²) in [5.74, 6) is -0.0632. The predicted molar refractivity (Wildman–Crippen MR) is 109 cm³/mol. The van der Waals surface area contributed by atoms with Gasteiger partial charge in [0, 0.05) is 18.7 Å². The number of hydrogen-bond donors (Lipinski definition) is 0. The topological polar surface area (TPSA) is 99.2 Å². The van der Waals surface area contributed by atoms with Gasteiger partial charge in [-0.1, -0.05) is 13.8 Å². The Labute approximate surface area is 175 Å². The van der Waals surface area contributed by atoms with Crippen LogP contribution in [-0.2, 0) is 14.8 Å². The van der Waals surface area contributed by atoms with Crippen LogP contribution in [0, 0.1) is 0 Å². The summed E-state index contributed by atoms with van der Waals surface area (Å²) in [4.78, 5) is 24.7. The van der Waals surface area contributed by atoms with Gasteiger partial charge in [0.25, 0.3) is 0 Å². The number of hydrogen-bond acceptors (Lipinski definition) is 7. The molecule has 1 aliphatic rings. The standard InChI is InChI=1S/C21H23NO7S/c1-3-22(4-2)30(25,26)17-8-5-15(6-9-17)21(24)29-14-18(23)16-7-10-19-20(13-16)28-12-11-27-19/h5-10,13H,3-4,11-12,14H2,1-2H3. The van der Waals surface area contributed by atoms with Gasteiger partial charge in [-0.25, -0.2) is 13.2 Å². The molecule has 0 aromatic heterocycles. The minimum atomic E-state index is -3.61. The molecule has 0 atom stereocenters. The van der Waals surface area contributed by atoms with E-state index in [1.807, 2.05) is 0 Å². The number of sulfonamides is 1. The van der Waals surface area contributed by atoms with Crippen molar-refractivity contribution in [3.05, 3.63) is 53.6 Å². The minimum Gasteiger partial charge on any atom is -0.486 e. The van der Waals surface area contributed by atoms with Crippen molar-refractivity contribution in [2.75, 3.05) is 32.9 Å². The summed E-state index contributed by atoms with van der Waals surface area (Å²) in [5, 5.41) is 0. The molecule has 0 spiro atoms. The summed E-state index contributed by atoms with van der Waals surface area (Å²) in [5.41, 5.74) is 0.496. The van der Waals surface area contributed by atoms with E-state index < -0.39 is 22.6 Å². The molecule has 0 fully saturated rings. The molecule has 8 nitrogen and oxygen atoms in total. The monoisotopic (exact) mass is 433 g/mol. The fourth-order valence-electron chi connectivity index (χ4n) is 2.99. The van der Waals surface area contributed by atoms with Crippen LogP contribution in [0.15, 0.2) is 47.4 Å². The Morgan fingerprint density at radius 1 is 0.933 bits per heavy atom. The van der Waals surface area contributed by atoms with Crippen molar-refractivity contribution < 1.29 is 32.2 Å². The lowest BCUT2D eigenvalue weighted by atomic mass is 10.1. The third-order valence-electron chi connectivity index (χ3n) is 4.63. The van der Waals surface area contributed by atoms with E-state index in [0.29, 0.717) is 43.4 Å². The van der Waals surface area contributed by atoms with Gasteiger partial charge < -0.3 is 14.2 Å². The highest BCUT2D eigenvalue weighted by molar-refractivity contribution is 7.89. The van der Waals surface area contributed by atoms with E-state index >= 15 is 0 Å². The smallest absolute Gasteiger partial charge is 0.338 e. The molecule has 3 rings (SSSR count). The van der Waals surface area contributed by atoms with Crippen molar-refractivity contribution in [3.63, 3.8) is 0 Å². The number of esters is 1. The second-order valence-electron chi connectivity index (χ2n) is 6.47. The van der Waals surface area contributed by atoms with Crippen LogP contribution in [0.5, 0.6) is 11.5 Å². The molecule has 2 aromatic carbocycles. The Balaban J connectivity index is 1.63. The number of carbonyl (C=O) groups excluding carboxylic acids is 2. The van der Waals surface area contributed by atoms with Gasteiger partial charge >= 0.3 is 5.97 Å². The Kier molecular flexibility index (Phi) is 6.73. The molecule has 160 valence electrons. The number of Topliss-reactive ketones (excluding diaryl/α,β-unsaturated/α-hetero) is 1. The van der Waals surface area contributed by atoms with Crippen molar-refractivity contribution in [3.8, 4) is 11.5 Å². The van der Waals surface area contributed by atoms with Crippen molar-refractivity contribution in [2.45, 2.75) is 18.7 Å². The Hall–Kier alpha value is -2.91. The lowest BCUT2D eigenvalue weighted by Gasteiger charge is -2.18. The molecular weight excluding hydrogens is 410 g/mol. The number of rotatable bonds is 8. The maximum atomic E-state index is 12.5. The minimum absolute atomic E-state index is 0.0927. The number of fused-ring (bicyclic) bond motifs is 1. The first-order chi connectivity index (χ1) is 14.4. The molecule has 30 heavy (non-hydrogen) atoms. The molecule has 0 saturated heterocycles.